The molecule has 0 aliphatic heterocycles. The van der Waals surface area contributed by atoms with Crippen LogP contribution in [0, 0.1) is 0 Å². The Morgan fingerprint density at radius 1 is 0.571 bits per heavy atom. The van der Waals surface area contributed by atoms with Crippen LogP contribution < -0.4 is 5.73 Å². The van der Waals surface area contributed by atoms with Gasteiger partial charge in [0.1, 0.15) is 0 Å². The van der Waals surface area contributed by atoms with Gasteiger partial charge in [-0.15, -0.1) is 0 Å². The Morgan fingerprint density at radius 2 is 1.00 bits per heavy atom. The molecule has 118 valence electrons. The van der Waals surface area contributed by atoms with Gasteiger partial charge in [-0.3, -0.25) is 0 Å². The summed E-state index contributed by atoms with van der Waals surface area (Å²) in [6.45, 7) is 2.85. The molecule has 0 aromatic rings. The quantitative estimate of drug-likeness (QED) is 0.333. The molecule has 2 N–H and O–H groups in total. The van der Waals surface area contributed by atoms with E-state index in [1.807, 2.05) is 0 Å². The lowest BCUT2D eigenvalue weighted by Crippen LogP contribution is -1.96. The van der Waals surface area contributed by atoms with Crippen molar-refractivity contribution in [1.82, 2.24) is 0 Å². The first-order chi connectivity index (χ1) is 10.4. The molecular weight excluding hydrogens is 254 g/mol. The fourth-order valence-electron chi connectivity index (χ4n) is 1.79. The number of hydrogen-bond acceptors (Lipinski definition) is 1. The first kappa shape index (κ1) is 19.7. The topological polar surface area (TPSA) is 26.0 Å². The van der Waals surface area contributed by atoms with Gasteiger partial charge in [0.05, 0.1) is 0 Å². The van der Waals surface area contributed by atoms with Crippen molar-refractivity contribution in [2.24, 2.45) is 5.73 Å². The van der Waals surface area contributed by atoms with Crippen molar-refractivity contribution < 1.29 is 0 Å². The van der Waals surface area contributed by atoms with Crippen LogP contribution in [0.25, 0.3) is 0 Å². The number of rotatable bonds is 13. The summed E-state index contributed by atoms with van der Waals surface area (Å²) in [5, 5.41) is 0. The zero-order chi connectivity index (χ0) is 15.4. The Balaban J connectivity index is 3.35. The molecule has 0 aromatic carbocycles. The van der Waals surface area contributed by atoms with Gasteiger partial charge in [0.25, 0.3) is 0 Å². The molecule has 0 atom stereocenters. The average molecular weight is 287 g/mol. The van der Waals surface area contributed by atoms with E-state index < -0.39 is 0 Å². The van der Waals surface area contributed by atoms with E-state index >= 15 is 0 Å². The Kier molecular flexibility index (Phi) is 17.5. The molecule has 0 aliphatic rings. The van der Waals surface area contributed by atoms with E-state index in [1.54, 1.807) is 0 Å². The number of nitrogens with two attached hydrogens (primary N) is 1. The van der Waals surface area contributed by atoms with E-state index in [4.69, 9.17) is 5.73 Å². The molecule has 0 fully saturated rings. The van der Waals surface area contributed by atoms with Crippen molar-refractivity contribution >= 4 is 0 Å². The Labute approximate surface area is 132 Å². The van der Waals surface area contributed by atoms with E-state index in [0.29, 0.717) is 0 Å². The van der Waals surface area contributed by atoms with E-state index in [1.165, 1.54) is 0 Å². The van der Waals surface area contributed by atoms with Crippen LogP contribution in [-0.2, 0) is 0 Å². The van der Waals surface area contributed by atoms with Gasteiger partial charge >= 0.3 is 0 Å². The Morgan fingerprint density at radius 3 is 1.52 bits per heavy atom. The fourth-order valence-corrected chi connectivity index (χ4v) is 1.79. The predicted molar refractivity (Wildman–Crippen MR) is 97.4 cm³/mol. The van der Waals surface area contributed by atoms with Gasteiger partial charge in [-0.25, -0.2) is 0 Å². The van der Waals surface area contributed by atoms with E-state index in [2.05, 4.69) is 67.7 Å². The van der Waals surface area contributed by atoms with Crippen LogP contribution in [0.15, 0.2) is 60.8 Å². The van der Waals surface area contributed by atoms with Gasteiger partial charge in [0.15, 0.2) is 0 Å². The molecule has 21 heavy (non-hydrogen) atoms. The minimum absolute atomic E-state index is 0.795. The number of hydrogen-bond donors (Lipinski definition) is 1. The largest absolute Gasteiger partial charge is 0.330 e. The minimum Gasteiger partial charge on any atom is -0.330 e. The zero-order valence-electron chi connectivity index (χ0n) is 13.7. The van der Waals surface area contributed by atoms with E-state index in [0.717, 1.165) is 57.9 Å². The lowest BCUT2D eigenvalue weighted by Gasteiger charge is -1.90. The standard InChI is InChI=1S/C20H33N/c1-2-3-4-5-6-7-8-9-10-11-12-13-14-15-16-17-18-19-20-21/h2-3,5-6,8-9,12-13,16-17H,4,7,10-11,14-15,18-21H2,1H3/b3-2+,6-5+,9-8+,13-12+,17-16+. The van der Waals surface area contributed by atoms with Gasteiger partial charge in [0.2, 0.25) is 0 Å². The van der Waals surface area contributed by atoms with Crippen LogP contribution in [0.3, 0.4) is 0 Å². The smallest absolute Gasteiger partial charge is 0.00743 e. The Bertz CT molecular complexity index is 332. The molecule has 0 saturated heterocycles. The SMILES string of the molecule is C/C=C/C/C=C/C/C=C/CC/C=C/CC/C=C/CCCN. The van der Waals surface area contributed by atoms with Crippen LogP contribution >= 0.6 is 0 Å². The monoisotopic (exact) mass is 287 g/mol. The molecule has 1 heteroatoms. The maximum absolute atomic E-state index is 5.44. The normalized spacial score (nSPS) is 13.0. The second kappa shape index (κ2) is 18.7. The summed E-state index contributed by atoms with van der Waals surface area (Å²) in [5.41, 5.74) is 5.44. The highest BCUT2D eigenvalue weighted by atomic mass is 14.5. The van der Waals surface area contributed by atoms with Crippen molar-refractivity contribution in [2.75, 3.05) is 6.54 Å². The molecule has 0 spiro atoms. The summed E-state index contributed by atoms with van der Waals surface area (Å²) in [7, 11) is 0. The molecule has 0 amide bonds. The number of allylic oxidation sites excluding steroid dienone is 10. The van der Waals surface area contributed by atoms with Crippen LogP contribution in [-0.4, -0.2) is 6.54 Å². The third kappa shape index (κ3) is 18.7. The average Bonchev–Trinajstić information content (AvgIpc) is 2.50. The first-order valence-electron chi connectivity index (χ1n) is 8.33. The lowest BCUT2D eigenvalue weighted by molar-refractivity contribution is 0.850. The molecular formula is C20H33N. The Hall–Kier alpha value is -1.34. The summed E-state index contributed by atoms with van der Waals surface area (Å²) in [4.78, 5) is 0. The van der Waals surface area contributed by atoms with Crippen LogP contribution in [0.2, 0.25) is 0 Å². The summed E-state index contributed by atoms with van der Waals surface area (Å²) in [6, 6.07) is 0. The predicted octanol–water partition coefficient (Wildman–Crippen LogP) is 5.87. The second-order valence-corrected chi connectivity index (χ2v) is 5.01. The molecule has 0 unspecified atom stereocenters. The van der Waals surface area contributed by atoms with Gasteiger partial charge in [-0.2, -0.15) is 0 Å². The number of unbranched alkanes of at least 4 members (excludes halogenated alkanes) is 3. The zero-order valence-corrected chi connectivity index (χ0v) is 13.7. The van der Waals surface area contributed by atoms with Crippen LogP contribution in [0.1, 0.15) is 58.3 Å². The fraction of sp³-hybridized carbons (Fsp3) is 0.500. The lowest BCUT2D eigenvalue weighted by atomic mass is 10.2. The molecule has 0 radical (unpaired) electrons. The molecule has 0 saturated carbocycles. The van der Waals surface area contributed by atoms with Crippen molar-refractivity contribution in [2.45, 2.75) is 58.3 Å². The van der Waals surface area contributed by atoms with Gasteiger partial charge in [-0.1, -0.05) is 60.8 Å². The molecule has 0 aliphatic carbocycles. The van der Waals surface area contributed by atoms with Crippen molar-refractivity contribution in [3.8, 4) is 0 Å². The first-order valence-corrected chi connectivity index (χ1v) is 8.33. The highest BCUT2D eigenvalue weighted by Crippen LogP contribution is 2.00. The maximum Gasteiger partial charge on any atom is -0.00743 e. The molecule has 0 rings (SSSR count). The van der Waals surface area contributed by atoms with Crippen molar-refractivity contribution in [3.05, 3.63) is 60.8 Å². The molecule has 0 aromatic heterocycles. The highest BCUT2D eigenvalue weighted by molar-refractivity contribution is 4.97. The minimum atomic E-state index is 0.795. The van der Waals surface area contributed by atoms with Crippen LogP contribution in [0.5, 0.6) is 0 Å². The van der Waals surface area contributed by atoms with Gasteiger partial charge < -0.3 is 5.73 Å². The van der Waals surface area contributed by atoms with E-state index in [-0.39, 0.29) is 0 Å². The van der Waals surface area contributed by atoms with Gasteiger partial charge in [0, 0.05) is 0 Å². The van der Waals surface area contributed by atoms with E-state index in [9.17, 15) is 0 Å². The maximum atomic E-state index is 5.44. The summed E-state index contributed by atoms with van der Waals surface area (Å²) >= 11 is 0. The highest BCUT2D eigenvalue weighted by Gasteiger charge is 1.80. The molecule has 0 heterocycles. The van der Waals surface area contributed by atoms with Crippen molar-refractivity contribution in [3.63, 3.8) is 0 Å². The summed E-state index contributed by atoms with van der Waals surface area (Å²) in [6.07, 6.45) is 31.2. The third-order valence-corrected chi connectivity index (χ3v) is 3.02. The molecule has 1 nitrogen and oxygen atoms in total. The van der Waals surface area contributed by atoms with Crippen molar-refractivity contribution in [1.29, 1.82) is 0 Å². The summed E-state index contributed by atoms with van der Waals surface area (Å²) < 4.78 is 0. The third-order valence-electron chi connectivity index (χ3n) is 3.02. The van der Waals surface area contributed by atoms with Gasteiger partial charge in [-0.05, 0) is 64.8 Å². The molecule has 0 bridgehead atoms. The summed E-state index contributed by atoms with van der Waals surface area (Å²) in [5.74, 6) is 0. The van der Waals surface area contributed by atoms with Crippen LogP contribution in [0.4, 0.5) is 0 Å². The second-order valence-electron chi connectivity index (χ2n) is 5.01.